The Hall–Kier alpha value is -2.68. The lowest BCUT2D eigenvalue weighted by Gasteiger charge is -2.05. The molecule has 0 atom stereocenters. The quantitative estimate of drug-likeness (QED) is 0.582. The van der Waals surface area contributed by atoms with Gasteiger partial charge in [0.1, 0.15) is 5.82 Å². The van der Waals surface area contributed by atoms with E-state index in [0.29, 0.717) is 0 Å². The highest BCUT2D eigenvalue weighted by Gasteiger charge is 2.11. The van der Waals surface area contributed by atoms with Crippen LogP contribution in [0, 0.1) is 0 Å². The molecule has 0 radical (unpaired) electrons. The summed E-state index contributed by atoms with van der Waals surface area (Å²) >= 11 is 0. The maximum atomic E-state index is 6.03. The molecule has 2 aromatic carbocycles. The number of aryl methyl sites for hydroxylation is 3. The van der Waals surface area contributed by atoms with Gasteiger partial charge < -0.3 is 14.9 Å². The average molecular weight is 303 g/mol. The number of hydrogen-bond donors (Lipinski definition) is 1. The Morgan fingerprint density at radius 2 is 1.43 bits per heavy atom. The van der Waals surface area contributed by atoms with Crippen LogP contribution in [0.25, 0.3) is 33.1 Å². The van der Waals surface area contributed by atoms with Crippen LogP contribution in [0.15, 0.2) is 48.5 Å². The predicted molar refractivity (Wildman–Crippen MR) is 98.6 cm³/mol. The highest BCUT2D eigenvalue weighted by Crippen LogP contribution is 2.32. The number of fused-ring (bicyclic) bond motifs is 2. The Balaban J connectivity index is 1.94. The molecule has 4 aromatic rings. The third-order valence-electron chi connectivity index (χ3n) is 4.90. The number of rotatable bonds is 2. The monoisotopic (exact) mass is 303 g/mol. The zero-order chi connectivity index (χ0) is 16.1. The van der Waals surface area contributed by atoms with Gasteiger partial charge in [0.25, 0.3) is 0 Å². The van der Waals surface area contributed by atoms with Crippen LogP contribution in [0.2, 0.25) is 0 Å². The largest absolute Gasteiger partial charge is 0.385 e. The molecule has 3 nitrogen and oxygen atoms in total. The van der Waals surface area contributed by atoms with E-state index in [2.05, 4.69) is 61.0 Å². The lowest BCUT2D eigenvalue weighted by molar-refractivity contribution is 0.976. The van der Waals surface area contributed by atoms with Crippen LogP contribution in [-0.2, 0) is 20.5 Å². The van der Waals surface area contributed by atoms with Gasteiger partial charge in [-0.2, -0.15) is 0 Å². The van der Waals surface area contributed by atoms with Gasteiger partial charge >= 0.3 is 0 Å². The minimum Gasteiger partial charge on any atom is -0.385 e. The molecule has 0 aliphatic carbocycles. The minimum atomic E-state index is 0.797. The number of benzene rings is 2. The first kappa shape index (κ1) is 13.9. The topological polar surface area (TPSA) is 35.9 Å². The first-order valence-corrected chi connectivity index (χ1v) is 8.02. The zero-order valence-corrected chi connectivity index (χ0v) is 13.8. The van der Waals surface area contributed by atoms with Crippen LogP contribution in [0.4, 0.5) is 5.82 Å². The summed E-state index contributed by atoms with van der Waals surface area (Å²) in [5.41, 5.74) is 12.3. The van der Waals surface area contributed by atoms with Crippen molar-refractivity contribution in [1.82, 2.24) is 9.13 Å². The third kappa shape index (κ3) is 2.04. The fourth-order valence-electron chi connectivity index (χ4n) is 3.38. The number of nitrogens with zero attached hydrogens (tertiary/aromatic N) is 2. The van der Waals surface area contributed by atoms with Crippen LogP contribution in [0.3, 0.4) is 0 Å². The Morgan fingerprint density at radius 1 is 0.826 bits per heavy atom. The van der Waals surface area contributed by atoms with E-state index in [1.54, 1.807) is 0 Å². The number of anilines is 1. The van der Waals surface area contributed by atoms with Crippen LogP contribution >= 0.6 is 0 Å². The lowest BCUT2D eigenvalue weighted by Crippen LogP contribution is -1.94. The van der Waals surface area contributed by atoms with Gasteiger partial charge in [0, 0.05) is 36.1 Å². The Morgan fingerprint density at radius 3 is 2.09 bits per heavy atom. The van der Waals surface area contributed by atoms with E-state index < -0.39 is 0 Å². The first-order valence-electron chi connectivity index (χ1n) is 8.02. The van der Waals surface area contributed by atoms with Crippen molar-refractivity contribution < 1.29 is 0 Å². The molecule has 0 aliphatic heterocycles. The summed E-state index contributed by atoms with van der Waals surface area (Å²) in [6.45, 7) is 2.18. The fourth-order valence-corrected chi connectivity index (χ4v) is 3.38. The normalized spacial score (nSPS) is 11.6. The van der Waals surface area contributed by atoms with Crippen molar-refractivity contribution >= 4 is 27.6 Å². The summed E-state index contributed by atoms with van der Waals surface area (Å²) in [6.07, 6.45) is 1.07. The molecule has 0 amide bonds. The average Bonchev–Trinajstić information content (AvgIpc) is 3.03. The molecule has 0 bridgehead atoms. The van der Waals surface area contributed by atoms with E-state index >= 15 is 0 Å². The number of nitrogens with two attached hydrogens (primary N) is 1. The molecule has 23 heavy (non-hydrogen) atoms. The van der Waals surface area contributed by atoms with Crippen molar-refractivity contribution in [3.05, 3.63) is 54.1 Å². The minimum absolute atomic E-state index is 0.797. The zero-order valence-electron chi connectivity index (χ0n) is 13.8. The summed E-state index contributed by atoms with van der Waals surface area (Å²) in [5, 5.41) is 2.43. The first-order chi connectivity index (χ1) is 11.1. The smallest absolute Gasteiger partial charge is 0.104 e. The van der Waals surface area contributed by atoms with E-state index in [1.807, 2.05) is 17.7 Å². The Bertz CT molecular complexity index is 1020. The second-order valence-electron chi connectivity index (χ2n) is 6.24. The molecule has 2 N–H and O–H groups in total. The molecule has 4 rings (SSSR count). The van der Waals surface area contributed by atoms with Gasteiger partial charge in [-0.3, -0.25) is 0 Å². The second kappa shape index (κ2) is 4.92. The summed E-state index contributed by atoms with van der Waals surface area (Å²) in [4.78, 5) is 0. The molecule has 0 spiro atoms. The molecule has 0 unspecified atom stereocenters. The molecule has 0 saturated carbocycles. The highest BCUT2D eigenvalue weighted by atomic mass is 15.0. The maximum absolute atomic E-state index is 6.03. The van der Waals surface area contributed by atoms with Gasteiger partial charge in [-0.05, 0) is 41.8 Å². The third-order valence-corrected chi connectivity index (χ3v) is 4.90. The van der Waals surface area contributed by atoms with Crippen LogP contribution < -0.4 is 5.73 Å². The standard InChI is InChI=1S/C20H21N3/c1-4-13-5-7-14(8-6-13)17-9-15-10-19-16(11-18(15)22(17)2)12-20(21)23(19)3/h5-12H,4,21H2,1-3H3. The summed E-state index contributed by atoms with van der Waals surface area (Å²) < 4.78 is 4.30. The Labute approximate surface area is 135 Å². The molecule has 3 heteroatoms. The van der Waals surface area contributed by atoms with E-state index in [1.165, 1.54) is 38.6 Å². The van der Waals surface area contributed by atoms with Gasteiger partial charge in [-0.15, -0.1) is 0 Å². The van der Waals surface area contributed by atoms with Crippen molar-refractivity contribution in [2.75, 3.05) is 5.73 Å². The van der Waals surface area contributed by atoms with Gasteiger partial charge in [-0.25, -0.2) is 0 Å². The van der Waals surface area contributed by atoms with Crippen molar-refractivity contribution in [3.8, 4) is 11.3 Å². The second-order valence-corrected chi connectivity index (χ2v) is 6.24. The van der Waals surface area contributed by atoms with Crippen molar-refractivity contribution in [2.45, 2.75) is 13.3 Å². The highest BCUT2D eigenvalue weighted by molar-refractivity contribution is 5.99. The van der Waals surface area contributed by atoms with Crippen LogP contribution in [0.1, 0.15) is 12.5 Å². The predicted octanol–water partition coefficient (Wildman–Crippen LogP) is 4.48. The molecule has 0 fully saturated rings. The van der Waals surface area contributed by atoms with E-state index in [9.17, 15) is 0 Å². The van der Waals surface area contributed by atoms with E-state index in [-0.39, 0.29) is 0 Å². The molecular weight excluding hydrogens is 282 g/mol. The molecule has 116 valence electrons. The number of hydrogen-bond acceptors (Lipinski definition) is 1. The van der Waals surface area contributed by atoms with Gasteiger partial charge in [0.2, 0.25) is 0 Å². The van der Waals surface area contributed by atoms with E-state index in [0.717, 1.165) is 12.2 Å². The SMILES string of the molecule is CCc1ccc(-c2cc3cc4c(cc(N)n4C)cc3n2C)cc1. The van der Waals surface area contributed by atoms with Gasteiger partial charge in [-0.1, -0.05) is 31.2 Å². The van der Waals surface area contributed by atoms with E-state index in [4.69, 9.17) is 5.73 Å². The fraction of sp³-hybridized carbons (Fsp3) is 0.200. The van der Waals surface area contributed by atoms with Crippen LogP contribution in [-0.4, -0.2) is 9.13 Å². The van der Waals surface area contributed by atoms with Crippen molar-refractivity contribution in [2.24, 2.45) is 14.1 Å². The molecule has 0 saturated heterocycles. The summed E-state index contributed by atoms with van der Waals surface area (Å²) in [6, 6.07) is 17.6. The summed E-state index contributed by atoms with van der Waals surface area (Å²) in [5.74, 6) is 0.797. The lowest BCUT2D eigenvalue weighted by atomic mass is 10.1. The molecule has 2 aromatic heterocycles. The number of aromatic nitrogens is 2. The Kier molecular flexibility index (Phi) is 2.98. The van der Waals surface area contributed by atoms with Gasteiger partial charge in [0.05, 0.1) is 5.52 Å². The maximum Gasteiger partial charge on any atom is 0.104 e. The van der Waals surface area contributed by atoms with Crippen molar-refractivity contribution in [3.63, 3.8) is 0 Å². The van der Waals surface area contributed by atoms with Gasteiger partial charge in [0.15, 0.2) is 0 Å². The number of nitrogen functional groups attached to an aromatic ring is 1. The molecule has 2 heterocycles. The van der Waals surface area contributed by atoms with Crippen molar-refractivity contribution in [1.29, 1.82) is 0 Å². The molecule has 0 aliphatic rings. The van der Waals surface area contributed by atoms with Crippen LogP contribution in [0.5, 0.6) is 0 Å². The molecular formula is C20H21N3. The summed E-state index contributed by atoms with van der Waals surface area (Å²) in [7, 11) is 4.14.